The molecule has 42 heteroatoms. The Morgan fingerprint density at radius 1 is 0.221 bits per heavy atom. The van der Waals surface area contributed by atoms with Crippen LogP contribution in [0, 0.1) is 0 Å². The quantitative estimate of drug-likeness (QED) is 0.0222. The largest absolute Gasteiger partial charge is 0.414 e. The summed E-state index contributed by atoms with van der Waals surface area (Å²) in [6, 6.07) is 0. The predicted molar refractivity (Wildman–Crippen MR) is 504 cm³/mol. The van der Waals surface area contributed by atoms with E-state index < -0.39 is 308 Å². The number of allylic oxidation sites excluding steroid dienone is 1. The maximum Gasteiger partial charge on any atom is 0.192 e. The maximum atomic E-state index is 13.4. The molecular formula is C89H176O35Si7. The minimum absolute atomic E-state index is 0.0577. The summed E-state index contributed by atoms with van der Waals surface area (Å²) in [6.07, 6.45) is -61.0. The van der Waals surface area contributed by atoms with Crippen LogP contribution in [0.5, 0.6) is 0 Å². The lowest BCUT2D eigenvalue weighted by atomic mass is 9.95. The number of hydrogen-bond acceptors (Lipinski definition) is 35. The van der Waals surface area contributed by atoms with Crippen LogP contribution in [0.1, 0.15) is 158 Å². The second-order valence-corrected chi connectivity index (χ2v) is 81.8. The van der Waals surface area contributed by atoms with E-state index >= 15 is 0 Å². The van der Waals surface area contributed by atoms with Crippen LogP contribution in [0.3, 0.4) is 0 Å². The van der Waals surface area contributed by atoms with E-state index in [2.05, 4.69) is 6.58 Å². The van der Waals surface area contributed by atoms with Gasteiger partial charge in [-0.15, -0.1) is 6.58 Å². The molecule has 0 saturated carbocycles. The van der Waals surface area contributed by atoms with Crippen LogP contribution in [0.25, 0.3) is 0 Å². The molecule has 35 nitrogen and oxygen atoms in total. The van der Waals surface area contributed by atoms with Gasteiger partial charge in [0.05, 0.1) is 46.2 Å². The molecule has 0 aromatic carbocycles. The van der Waals surface area contributed by atoms with Crippen molar-refractivity contribution in [3.8, 4) is 0 Å². The molecule has 15 fully saturated rings. The lowest BCUT2D eigenvalue weighted by molar-refractivity contribution is -0.397. The van der Waals surface area contributed by atoms with Gasteiger partial charge in [-0.3, -0.25) is 0 Å². The smallest absolute Gasteiger partial charge is 0.192 e. The normalized spacial score (nSPS) is 39.4. The SMILES string of the molecule is C=CCCCO[C@H]1[C@@H]2O[C@@H]3[C@@H](O)[C@H](O)[C@H](O[C@@H]4[C@@H](O)[C@H](O)[C@H](O[C@@H]5[C@@H](O)[C@H](O)[C@H](O[C@@H]6[C@@H](O)[C@H](O)[C@H](O[C@@H]7[C@@H](O)[C@H](O)[C@H](O[C@@H]8[C@@H](O)[C@H](O)[C@H](O[C@H]([C@H]1O)[C@H](CO[Si](C)(C)C(C)(C)C)O2)O[C@H]8CO[Si](C)(C)C(C)(C)C)O[C@H]7CO[Si](C)(C)C(C)(C)C)O[C@H]6CO[Si](C)(C)C(C)(C)C)O[C@H]5CO[Si](C)(C)C(C)(C)C)O[C@H]4CO[Si](C)(C)C(C)(C)C)O[C@H]3CO[Si](C)(C)C(C)(C)C. The van der Waals surface area contributed by atoms with Crippen molar-refractivity contribution >= 4 is 58.2 Å². The van der Waals surface area contributed by atoms with E-state index in [1.807, 2.05) is 237 Å². The minimum atomic E-state index is -2.82. The standard InChI is InChI=1S/C89H176O35Si7/c1-37-38-39-40-103-75-67(102)74-54(47-110-131(35,36)89(20,21)22)117-82(75)124-73-53(46-109-130(33,34)88(17,18)19)116-80(66(101)60(73)95)122-71-51(44-107-128(29,30)86(11,12)13)114-78(64(99)58(71)93)120-69-49(42-105-126(25,26)84(5,6)7)112-76(62(97)56(69)91)118-68-48(41-104-125(23,24)83(2,3)4)111-77(61(96)55(68)90)119-70-50(43-106-127(27,28)85(8,9)10)113-79(63(98)57(70)92)121-72-52(45-108-129(31,32)87(14,15)16)115-81(123-74)65(100)59(72)94/h37,48-82,90-102H,1,38-47H2,2-36H3/t48-,49-,50-,51-,52-,53-,54-,55-,56-,57-,58-,59-,60-,61-,62-,63-,64-,65-,66-,67+,68-,69-,70-,71-,72-,73-,74-,75+,76-,77-,78-,79-,80-,81-,82-/m0/s1. The van der Waals surface area contributed by atoms with Gasteiger partial charge in [-0.1, -0.05) is 151 Å². The molecule has 770 valence electrons. The van der Waals surface area contributed by atoms with Crippen molar-refractivity contribution in [2.75, 3.05) is 52.9 Å². The van der Waals surface area contributed by atoms with Crippen molar-refractivity contribution in [1.29, 1.82) is 0 Å². The van der Waals surface area contributed by atoms with Gasteiger partial charge in [-0.2, -0.15) is 0 Å². The number of aliphatic hydroxyl groups is 13. The Labute approximate surface area is 787 Å². The fourth-order valence-corrected chi connectivity index (χ4v) is 21.6. The van der Waals surface area contributed by atoms with Crippen LogP contribution in [0.15, 0.2) is 12.7 Å². The average molecular weight is 2000 g/mol. The number of fused-ring (bicyclic) bond motifs is 7. The number of hydrogen-bond donors (Lipinski definition) is 13. The lowest BCUT2D eigenvalue weighted by Gasteiger charge is -2.51. The van der Waals surface area contributed by atoms with Gasteiger partial charge in [0.2, 0.25) is 0 Å². The van der Waals surface area contributed by atoms with Crippen LogP contribution in [-0.2, 0) is 102 Å². The molecule has 0 aliphatic carbocycles. The molecule has 0 radical (unpaired) electrons. The van der Waals surface area contributed by atoms with E-state index in [-0.39, 0.29) is 52.9 Å². The minimum Gasteiger partial charge on any atom is -0.414 e. The number of rotatable bonds is 26. The molecule has 0 unspecified atom stereocenters. The molecule has 35 atom stereocenters. The van der Waals surface area contributed by atoms with Crippen LogP contribution >= 0.6 is 0 Å². The van der Waals surface area contributed by atoms with E-state index in [0.29, 0.717) is 12.8 Å². The summed E-state index contributed by atoms with van der Waals surface area (Å²) in [6.45, 7) is 71.6. The summed E-state index contributed by atoms with van der Waals surface area (Å²) < 4.78 is 150. The lowest BCUT2D eigenvalue weighted by Crippen LogP contribution is -2.69. The fourth-order valence-electron chi connectivity index (χ4n) is 14.5. The zero-order chi connectivity index (χ0) is 99.5. The van der Waals surface area contributed by atoms with E-state index in [0.717, 1.165) is 0 Å². The highest BCUT2D eigenvalue weighted by atomic mass is 28.4. The first-order valence-corrected chi connectivity index (χ1v) is 67.5. The summed E-state index contributed by atoms with van der Waals surface area (Å²) in [4.78, 5) is 0. The summed E-state index contributed by atoms with van der Waals surface area (Å²) in [5.74, 6) is 0. The third kappa shape index (κ3) is 27.3. The molecule has 0 aromatic heterocycles. The second-order valence-electron chi connectivity index (χ2n) is 48.1. The first-order chi connectivity index (χ1) is 59.5. The second kappa shape index (κ2) is 43.8. The average Bonchev–Trinajstić information content (AvgIpc) is 0.797. The van der Waals surface area contributed by atoms with E-state index in [1.54, 1.807) is 6.08 Å². The van der Waals surface area contributed by atoms with Crippen molar-refractivity contribution in [2.24, 2.45) is 0 Å². The highest BCUT2D eigenvalue weighted by Gasteiger charge is 2.63. The van der Waals surface area contributed by atoms with Gasteiger partial charge in [0.25, 0.3) is 0 Å². The zero-order valence-corrected chi connectivity index (χ0v) is 92.4. The number of aliphatic hydroxyl groups excluding tert-OH is 13. The molecule has 0 aromatic rings. The molecule has 0 spiro atoms. The Kier molecular flexibility index (Phi) is 38.8. The van der Waals surface area contributed by atoms with Gasteiger partial charge < -0.3 is 168 Å². The molecule has 14 bridgehead atoms. The molecule has 15 aliphatic heterocycles. The van der Waals surface area contributed by atoms with Crippen molar-refractivity contribution in [1.82, 2.24) is 0 Å². The van der Waals surface area contributed by atoms with E-state index in [9.17, 15) is 66.4 Å². The molecule has 13 N–H and O–H groups in total. The van der Waals surface area contributed by atoms with Gasteiger partial charge in [-0.05, 0) is 140 Å². The molecule has 15 saturated heterocycles. The highest BCUT2D eigenvalue weighted by Crippen LogP contribution is 2.48. The molecule has 0 amide bonds. The van der Waals surface area contributed by atoms with Crippen molar-refractivity contribution in [3.63, 3.8) is 0 Å². The summed E-state index contributed by atoms with van der Waals surface area (Å²) in [7, 11) is -19.7. The van der Waals surface area contributed by atoms with Gasteiger partial charge >= 0.3 is 0 Å². The molecule has 15 rings (SSSR count). The van der Waals surface area contributed by atoms with Crippen molar-refractivity contribution in [3.05, 3.63) is 12.7 Å². The Morgan fingerprint density at radius 2 is 0.366 bits per heavy atom. The summed E-state index contributed by atoms with van der Waals surface area (Å²) >= 11 is 0. The number of unbranched alkanes of at least 4 members (excludes halogenated alkanes) is 1. The zero-order valence-electron chi connectivity index (χ0n) is 85.4. The third-order valence-electron chi connectivity index (χ3n) is 31.3. The Hall–Kier alpha value is -0.142. The maximum absolute atomic E-state index is 13.4. The van der Waals surface area contributed by atoms with Crippen LogP contribution in [-0.4, -0.2) is 392 Å². The summed E-state index contributed by atoms with van der Waals surface area (Å²) in [5, 5.41) is 164. The van der Waals surface area contributed by atoms with E-state index in [4.69, 9.17) is 102 Å². The van der Waals surface area contributed by atoms with Crippen LogP contribution < -0.4 is 0 Å². The third-order valence-corrected chi connectivity index (χ3v) is 62.8. The van der Waals surface area contributed by atoms with Gasteiger partial charge in [-0.25, -0.2) is 0 Å². The summed E-state index contributed by atoms with van der Waals surface area (Å²) in [5.41, 5.74) is 0. The molecule has 15 aliphatic rings. The Balaban J connectivity index is 1.34. The van der Waals surface area contributed by atoms with Crippen molar-refractivity contribution < 1.29 is 168 Å². The highest BCUT2D eigenvalue weighted by molar-refractivity contribution is 6.76. The van der Waals surface area contributed by atoms with Gasteiger partial charge in [0.15, 0.2) is 102 Å². The first-order valence-electron chi connectivity index (χ1n) is 47.2. The van der Waals surface area contributed by atoms with Gasteiger partial charge in [0, 0.05) is 6.61 Å². The van der Waals surface area contributed by atoms with Crippen LogP contribution in [0.4, 0.5) is 0 Å². The molecule has 15 heterocycles. The molecular weight excluding hydrogens is 1830 g/mol. The fraction of sp³-hybridized carbons (Fsp3) is 0.978. The monoisotopic (exact) mass is 2000 g/mol. The topological polar surface area (TPSA) is 466 Å². The van der Waals surface area contributed by atoms with Gasteiger partial charge in [0.1, 0.15) is 171 Å². The predicted octanol–water partition coefficient (Wildman–Crippen LogP) is 7.97. The Morgan fingerprint density at radius 3 is 0.519 bits per heavy atom. The Bertz CT molecular complexity index is 3500. The van der Waals surface area contributed by atoms with Crippen molar-refractivity contribution in [2.45, 2.75) is 500 Å². The van der Waals surface area contributed by atoms with E-state index in [1.165, 1.54) is 0 Å². The number of ether oxygens (including phenoxy) is 15. The molecule has 131 heavy (non-hydrogen) atoms. The van der Waals surface area contributed by atoms with Crippen LogP contribution in [0.2, 0.25) is 127 Å². The first kappa shape index (κ1) is 116.